The number of carbonyl (C=O) groups excluding carboxylic acids is 1. The number of H-pyrrole nitrogens is 1. The first kappa shape index (κ1) is 28.1. The number of anilines is 1. The molecule has 1 amide bonds. The van der Waals surface area contributed by atoms with E-state index in [2.05, 4.69) is 19.9 Å². The van der Waals surface area contributed by atoms with Gasteiger partial charge >= 0.3 is 12.5 Å². The number of carbonyl (C=O) groups is 1. The number of ether oxygens (including phenoxy) is 2. The van der Waals surface area contributed by atoms with E-state index >= 15 is 0 Å². The van der Waals surface area contributed by atoms with Gasteiger partial charge in [0.1, 0.15) is 17.0 Å². The van der Waals surface area contributed by atoms with Gasteiger partial charge in [0.2, 0.25) is 5.91 Å². The lowest BCUT2D eigenvalue weighted by Crippen LogP contribution is -2.49. The summed E-state index contributed by atoms with van der Waals surface area (Å²) in [5.41, 5.74) is -2.41. The molecule has 1 unspecified atom stereocenters. The number of nitrogens with one attached hydrogen (secondary N) is 1. The highest BCUT2D eigenvalue weighted by atomic mass is 19.4. The number of amides is 1. The monoisotopic (exact) mass is 563 g/mol. The molecule has 1 aliphatic heterocycles. The van der Waals surface area contributed by atoms with Crippen molar-refractivity contribution in [2.45, 2.75) is 31.9 Å². The normalized spacial score (nSPS) is 15.6. The molecule has 212 valence electrons. The number of piperazine rings is 1. The third kappa shape index (κ3) is 6.76. The van der Waals surface area contributed by atoms with Crippen molar-refractivity contribution < 1.29 is 40.6 Å². The van der Waals surface area contributed by atoms with Gasteiger partial charge in [-0.2, -0.15) is 23.4 Å². The number of aromatic nitrogens is 5. The molecule has 11 nitrogen and oxygen atoms in total. The maximum Gasteiger partial charge on any atom is 0.573 e. The van der Waals surface area contributed by atoms with E-state index in [1.165, 1.54) is 6.07 Å². The average molecular weight is 563 g/mol. The van der Waals surface area contributed by atoms with E-state index in [0.29, 0.717) is 32.0 Å². The highest BCUT2D eigenvalue weighted by Crippen LogP contribution is 2.33. The predicted molar refractivity (Wildman–Crippen MR) is 123 cm³/mol. The maximum absolute atomic E-state index is 13.4. The van der Waals surface area contributed by atoms with Crippen molar-refractivity contribution in [3.05, 3.63) is 40.6 Å². The molecule has 0 bridgehead atoms. The first-order valence-corrected chi connectivity index (χ1v) is 11.7. The molecular weight excluding hydrogens is 540 g/mol. The highest BCUT2D eigenvalue weighted by molar-refractivity contribution is 5.80. The average Bonchev–Trinajstić information content (AvgIpc) is 3.28. The summed E-state index contributed by atoms with van der Waals surface area (Å²) in [5.74, 6) is -0.170. The fourth-order valence-corrected chi connectivity index (χ4v) is 4.12. The molecular formula is C22H23F6N7O4. The summed E-state index contributed by atoms with van der Waals surface area (Å²) in [5, 5.41) is 8.49. The molecule has 0 saturated carbocycles. The second-order valence-corrected chi connectivity index (χ2v) is 8.69. The minimum atomic E-state index is -4.84. The number of fused-ring (bicyclic) bond motifs is 1. The predicted octanol–water partition coefficient (Wildman–Crippen LogP) is 2.75. The van der Waals surface area contributed by atoms with Gasteiger partial charge in [0.25, 0.3) is 5.56 Å². The van der Waals surface area contributed by atoms with Gasteiger partial charge in [0.05, 0.1) is 43.6 Å². The summed E-state index contributed by atoms with van der Waals surface area (Å²) in [4.78, 5) is 31.9. The summed E-state index contributed by atoms with van der Waals surface area (Å²) >= 11 is 0. The molecule has 17 heteroatoms. The summed E-state index contributed by atoms with van der Waals surface area (Å²) in [6, 6.07) is 1.88. The molecule has 4 heterocycles. The van der Waals surface area contributed by atoms with Crippen molar-refractivity contribution in [2.75, 3.05) is 44.3 Å². The summed E-state index contributed by atoms with van der Waals surface area (Å²) in [7, 11) is 0. The van der Waals surface area contributed by atoms with Crippen LogP contribution in [0, 0.1) is 0 Å². The zero-order chi connectivity index (χ0) is 28.4. The molecule has 1 saturated heterocycles. The molecule has 1 atom stereocenters. The number of aromatic amines is 1. The van der Waals surface area contributed by atoms with Crippen LogP contribution >= 0.6 is 0 Å². The third-order valence-electron chi connectivity index (χ3n) is 5.94. The topological polar surface area (TPSA) is 118 Å². The second-order valence-electron chi connectivity index (χ2n) is 8.69. The number of pyridine rings is 1. The largest absolute Gasteiger partial charge is 0.573 e. The Hall–Kier alpha value is -3.89. The molecule has 3 aromatic rings. The molecule has 1 N–H and O–H groups in total. The molecule has 1 fully saturated rings. The van der Waals surface area contributed by atoms with Crippen LogP contribution in [0.5, 0.6) is 5.75 Å². The first-order chi connectivity index (χ1) is 18.3. The molecule has 3 aromatic heterocycles. The Labute approximate surface area is 216 Å². The van der Waals surface area contributed by atoms with E-state index in [1.807, 2.05) is 10.00 Å². The molecule has 1 aliphatic rings. The Morgan fingerprint density at radius 1 is 1.10 bits per heavy atom. The van der Waals surface area contributed by atoms with Crippen LogP contribution in [0.4, 0.5) is 32.2 Å². The van der Waals surface area contributed by atoms with E-state index in [1.54, 1.807) is 11.8 Å². The lowest BCUT2D eigenvalue weighted by molar-refractivity contribution is -0.274. The minimum Gasteiger partial charge on any atom is -0.404 e. The molecule has 0 aromatic carbocycles. The van der Waals surface area contributed by atoms with Crippen LogP contribution in [-0.4, -0.2) is 81.5 Å². The van der Waals surface area contributed by atoms with E-state index in [4.69, 9.17) is 4.74 Å². The number of alkyl halides is 6. The summed E-state index contributed by atoms with van der Waals surface area (Å²) in [6.45, 7) is 3.05. The van der Waals surface area contributed by atoms with Crippen LogP contribution in [0.1, 0.15) is 25.1 Å². The van der Waals surface area contributed by atoms with Crippen molar-refractivity contribution in [1.82, 2.24) is 29.9 Å². The van der Waals surface area contributed by atoms with Crippen molar-refractivity contribution in [1.29, 1.82) is 0 Å². The molecule has 0 radical (unpaired) electrons. The number of hydrogen-bond acceptors (Lipinski definition) is 8. The number of nitrogens with zero attached hydrogens (tertiary/aromatic N) is 6. The van der Waals surface area contributed by atoms with Crippen LogP contribution in [0.2, 0.25) is 0 Å². The molecule has 0 aliphatic carbocycles. The van der Waals surface area contributed by atoms with E-state index in [0.717, 1.165) is 23.1 Å². The fraction of sp³-hybridized carbons (Fsp3) is 0.500. The second kappa shape index (κ2) is 11.1. The van der Waals surface area contributed by atoms with Gasteiger partial charge in [-0.15, -0.1) is 13.2 Å². The highest BCUT2D eigenvalue weighted by Gasteiger charge is 2.38. The van der Waals surface area contributed by atoms with Crippen molar-refractivity contribution >= 4 is 22.6 Å². The van der Waals surface area contributed by atoms with Crippen LogP contribution in [-0.2, 0) is 15.7 Å². The zero-order valence-electron chi connectivity index (χ0n) is 20.4. The van der Waals surface area contributed by atoms with Gasteiger partial charge < -0.3 is 19.3 Å². The quantitative estimate of drug-likeness (QED) is 0.329. The lowest BCUT2D eigenvalue weighted by Gasteiger charge is -2.35. The smallest absolute Gasteiger partial charge is 0.404 e. The van der Waals surface area contributed by atoms with Gasteiger partial charge in [-0.1, -0.05) is 0 Å². The maximum atomic E-state index is 13.4. The Balaban J connectivity index is 1.24. The molecule has 4 rings (SSSR count). The van der Waals surface area contributed by atoms with Gasteiger partial charge in [0.15, 0.2) is 5.69 Å². The van der Waals surface area contributed by atoms with E-state index < -0.39 is 41.0 Å². The van der Waals surface area contributed by atoms with Gasteiger partial charge in [-0.05, 0) is 19.1 Å². The van der Waals surface area contributed by atoms with Crippen LogP contribution in [0.25, 0.3) is 10.9 Å². The summed E-state index contributed by atoms with van der Waals surface area (Å²) in [6.07, 6.45) is -7.56. The molecule has 39 heavy (non-hydrogen) atoms. The number of rotatable bonds is 8. The fourth-order valence-electron chi connectivity index (χ4n) is 4.12. The van der Waals surface area contributed by atoms with E-state index in [9.17, 15) is 35.9 Å². The Morgan fingerprint density at radius 2 is 1.82 bits per heavy atom. The third-order valence-corrected chi connectivity index (χ3v) is 5.94. The van der Waals surface area contributed by atoms with Crippen LogP contribution in [0.15, 0.2) is 29.3 Å². The zero-order valence-corrected chi connectivity index (χ0v) is 20.4. The lowest BCUT2D eigenvalue weighted by atomic mass is 10.2. The standard InChI is InChI=1S/C22H23F6N7O4/c1-13(35-15-11-30-31-20(37)18(15)19(32-35)21(23,24)25)12-38-9-4-17(36)34-7-5-33(6-8-34)16-3-2-14(10-29-16)39-22(26,27)28/h2-3,10-11,13H,4-9,12H2,1H3,(H,31,37). The van der Waals surface area contributed by atoms with Gasteiger partial charge in [-0.3, -0.25) is 14.3 Å². The van der Waals surface area contributed by atoms with Crippen molar-refractivity contribution in [3.8, 4) is 5.75 Å². The van der Waals surface area contributed by atoms with Crippen molar-refractivity contribution in [3.63, 3.8) is 0 Å². The molecule has 0 spiro atoms. The minimum absolute atomic E-state index is 0.00970. The van der Waals surface area contributed by atoms with Crippen LogP contribution in [0.3, 0.4) is 0 Å². The summed E-state index contributed by atoms with van der Waals surface area (Å²) < 4.78 is 87.3. The van der Waals surface area contributed by atoms with Gasteiger partial charge in [0, 0.05) is 26.2 Å². The SMILES string of the molecule is CC(COCCC(=O)N1CCN(c2ccc(OC(F)(F)F)cn2)CC1)n1nc(C(F)(F)F)c2c(=O)[nH]ncc21. The Kier molecular flexibility index (Phi) is 7.99. The Morgan fingerprint density at radius 3 is 2.44 bits per heavy atom. The Bertz CT molecular complexity index is 1350. The first-order valence-electron chi connectivity index (χ1n) is 11.7. The number of halogens is 6. The van der Waals surface area contributed by atoms with Crippen LogP contribution < -0.4 is 15.2 Å². The van der Waals surface area contributed by atoms with Gasteiger partial charge in [-0.25, -0.2) is 10.1 Å². The number of hydrogen-bond donors (Lipinski definition) is 1. The van der Waals surface area contributed by atoms with Crippen molar-refractivity contribution in [2.24, 2.45) is 0 Å². The van der Waals surface area contributed by atoms with E-state index in [-0.39, 0.29) is 31.1 Å².